The number of carbonyl (C=O) groups is 1. The topological polar surface area (TPSA) is 74.1 Å². The number of benzene rings is 1. The van der Waals surface area contributed by atoms with Gasteiger partial charge in [-0.15, -0.1) is 0 Å². The van der Waals surface area contributed by atoms with Gasteiger partial charge < -0.3 is 4.74 Å². The third kappa shape index (κ3) is 3.17. The molecular formula is C18H17N3O3. The molecule has 0 aliphatic heterocycles. The van der Waals surface area contributed by atoms with E-state index in [1.54, 1.807) is 24.1 Å². The van der Waals surface area contributed by atoms with Crippen molar-refractivity contribution in [2.24, 2.45) is 7.05 Å². The lowest BCUT2D eigenvalue weighted by Gasteiger charge is -2.15. The van der Waals surface area contributed by atoms with Gasteiger partial charge in [0.15, 0.2) is 0 Å². The fourth-order valence-electron chi connectivity index (χ4n) is 2.67. The maximum absolute atomic E-state index is 12.3. The molecule has 3 aromatic rings. The molecule has 0 saturated heterocycles. The van der Waals surface area contributed by atoms with Crippen LogP contribution < -0.4 is 5.43 Å². The van der Waals surface area contributed by atoms with Crippen LogP contribution in [0, 0.1) is 0 Å². The molecule has 1 atom stereocenters. The number of fused-ring (bicyclic) bond motifs is 1. The molecule has 6 nitrogen and oxygen atoms in total. The van der Waals surface area contributed by atoms with Crippen LogP contribution in [0.4, 0.5) is 0 Å². The van der Waals surface area contributed by atoms with E-state index in [2.05, 4.69) is 10.1 Å². The summed E-state index contributed by atoms with van der Waals surface area (Å²) < 4.78 is 6.48. The van der Waals surface area contributed by atoms with Crippen LogP contribution in [-0.4, -0.2) is 27.8 Å². The van der Waals surface area contributed by atoms with Crippen molar-refractivity contribution in [1.29, 1.82) is 0 Å². The number of pyridine rings is 1. The van der Waals surface area contributed by atoms with Gasteiger partial charge in [-0.25, -0.2) is 0 Å². The molecule has 0 bridgehead atoms. The summed E-state index contributed by atoms with van der Waals surface area (Å²) in [5.74, 6) is -0.992. The number of hydrogen-bond donors (Lipinski definition) is 0. The SMILES string of the molecule is COC(=O)C(Cc1nn(C)ccc1=O)c1ccc2ncccc2c1. The molecule has 0 amide bonds. The van der Waals surface area contributed by atoms with E-state index >= 15 is 0 Å². The molecule has 1 aromatic carbocycles. The van der Waals surface area contributed by atoms with Gasteiger partial charge in [-0.05, 0) is 23.8 Å². The van der Waals surface area contributed by atoms with Crippen molar-refractivity contribution in [2.75, 3.05) is 7.11 Å². The maximum atomic E-state index is 12.3. The van der Waals surface area contributed by atoms with Gasteiger partial charge in [-0.2, -0.15) is 5.10 Å². The standard InChI is InChI=1S/C18H17N3O3/c1-21-9-7-17(22)16(20-21)11-14(18(23)24-2)12-5-6-15-13(10-12)4-3-8-19-15/h3-10,14H,11H2,1-2H3. The number of rotatable bonds is 4. The minimum Gasteiger partial charge on any atom is -0.469 e. The third-order valence-electron chi connectivity index (χ3n) is 3.92. The molecule has 3 rings (SSSR count). The monoisotopic (exact) mass is 323 g/mol. The van der Waals surface area contributed by atoms with Crippen LogP contribution in [0.25, 0.3) is 10.9 Å². The predicted molar refractivity (Wildman–Crippen MR) is 89.7 cm³/mol. The van der Waals surface area contributed by atoms with Crippen molar-refractivity contribution in [3.05, 3.63) is 70.3 Å². The number of esters is 1. The molecule has 2 heterocycles. The molecule has 1 unspecified atom stereocenters. The highest BCUT2D eigenvalue weighted by molar-refractivity contribution is 5.83. The second-order valence-corrected chi connectivity index (χ2v) is 5.54. The van der Waals surface area contributed by atoms with Gasteiger partial charge >= 0.3 is 5.97 Å². The first-order chi connectivity index (χ1) is 11.6. The summed E-state index contributed by atoms with van der Waals surface area (Å²) >= 11 is 0. The number of methoxy groups -OCH3 is 1. The fraction of sp³-hybridized carbons (Fsp3) is 0.222. The maximum Gasteiger partial charge on any atom is 0.313 e. The average Bonchev–Trinajstić information content (AvgIpc) is 2.61. The second kappa shape index (κ2) is 6.62. The van der Waals surface area contributed by atoms with Gasteiger partial charge in [0.25, 0.3) is 0 Å². The lowest BCUT2D eigenvalue weighted by molar-refractivity contribution is -0.142. The summed E-state index contributed by atoms with van der Waals surface area (Å²) in [6, 6.07) is 10.8. The molecule has 6 heteroatoms. The van der Waals surface area contributed by atoms with Crippen LogP contribution in [-0.2, 0) is 23.0 Å². The van der Waals surface area contributed by atoms with Crippen LogP contribution in [0.2, 0.25) is 0 Å². The number of nitrogens with zero attached hydrogens (tertiary/aromatic N) is 3. The van der Waals surface area contributed by atoms with Crippen molar-refractivity contribution >= 4 is 16.9 Å². The van der Waals surface area contributed by atoms with E-state index in [4.69, 9.17) is 4.74 Å². The highest BCUT2D eigenvalue weighted by atomic mass is 16.5. The first-order valence-corrected chi connectivity index (χ1v) is 7.54. The van der Waals surface area contributed by atoms with E-state index in [1.807, 2.05) is 30.3 Å². The predicted octanol–water partition coefficient (Wildman–Crippen LogP) is 1.83. The van der Waals surface area contributed by atoms with Crippen LogP contribution in [0.5, 0.6) is 0 Å². The average molecular weight is 323 g/mol. The summed E-state index contributed by atoms with van der Waals surface area (Å²) in [5, 5.41) is 5.13. The van der Waals surface area contributed by atoms with Crippen LogP contribution in [0.1, 0.15) is 17.2 Å². The summed E-state index contributed by atoms with van der Waals surface area (Å²) in [6.45, 7) is 0. The third-order valence-corrected chi connectivity index (χ3v) is 3.92. The normalized spacial score (nSPS) is 12.1. The summed E-state index contributed by atoms with van der Waals surface area (Å²) in [4.78, 5) is 28.6. The second-order valence-electron chi connectivity index (χ2n) is 5.54. The minimum absolute atomic E-state index is 0.186. The Balaban J connectivity index is 2.03. The minimum atomic E-state index is -0.595. The molecule has 0 spiro atoms. The van der Waals surface area contributed by atoms with Gasteiger partial charge in [-0.3, -0.25) is 19.3 Å². The number of ether oxygens (including phenoxy) is 1. The van der Waals surface area contributed by atoms with E-state index in [0.717, 1.165) is 16.5 Å². The lowest BCUT2D eigenvalue weighted by Crippen LogP contribution is -2.23. The van der Waals surface area contributed by atoms with Crippen molar-refractivity contribution in [1.82, 2.24) is 14.8 Å². The van der Waals surface area contributed by atoms with Crippen molar-refractivity contribution in [2.45, 2.75) is 12.3 Å². The molecule has 0 aliphatic rings. The van der Waals surface area contributed by atoms with E-state index in [9.17, 15) is 9.59 Å². The number of hydrogen-bond acceptors (Lipinski definition) is 5. The zero-order valence-corrected chi connectivity index (χ0v) is 13.5. The molecule has 0 fully saturated rings. The van der Waals surface area contributed by atoms with E-state index in [-0.39, 0.29) is 11.8 Å². The van der Waals surface area contributed by atoms with E-state index in [0.29, 0.717) is 5.69 Å². The zero-order valence-electron chi connectivity index (χ0n) is 13.5. The Bertz CT molecular complexity index is 949. The van der Waals surface area contributed by atoms with Gasteiger partial charge in [0.2, 0.25) is 5.43 Å². The molecule has 0 N–H and O–H groups in total. The van der Waals surface area contributed by atoms with Gasteiger partial charge in [0.05, 0.1) is 18.5 Å². The Morgan fingerprint density at radius 2 is 2.12 bits per heavy atom. The quantitative estimate of drug-likeness (QED) is 0.685. The molecule has 0 aliphatic carbocycles. The highest BCUT2D eigenvalue weighted by Crippen LogP contribution is 2.24. The molecule has 122 valence electrons. The zero-order chi connectivity index (χ0) is 17.1. The van der Waals surface area contributed by atoms with E-state index in [1.165, 1.54) is 13.2 Å². The van der Waals surface area contributed by atoms with Crippen molar-refractivity contribution < 1.29 is 9.53 Å². The first-order valence-electron chi connectivity index (χ1n) is 7.54. The molecular weight excluding hydrogens is 306 g/mol. The Morgan fingerprint density at radius 3 is 2.92 bits per heavy atom. The fourth-order valence-corrected chi connectivity index (χ4v) is 2.67. The molecule has 0 radical (unpaired) electrons. The number of aryl methyl sites for hydroxylation is 1. The van der Waals surface area contributed by atoms with Crippen LogP contribution >= 0.6 is 0 Å². The lowest BCUT2D eigenvalue weighted by atomic mass is 9.93. The Morgan fingerprint density at radius 1 is 1.29 bits per heavy atom. The van der Waals surface area contributed by atoms with Gasteiger partial charge in [0.1, 0.15) is 5.69 Å². The number of aromatic nitrogens is 3. The van der Waals surface area contributed by atoms with E-state index < -0.39 is 11.9 Å². The van der Waals surface area contributed by atoms with Crippen LogP contribution in [0.3, 0.4) is 0 Å². The Hall–Kier alpha value is -3.02. The largest absolute Gasteiger partial charge is 0.469 e. The summed E-state index contributed by atoms with van der Waals surface area (Å²) in [5.41, 5.74) is 1.76. The summed E-state index contributed by atoms with van der Waals surface area (Å²) in [7, 11) is 3.08. The first kappa shape index (κ1) is 15.9. The Labute approximate surface area is 138 Å². The highest BCUT2D eigenvalue weighted by Gasteiger charge is 2.24. The van der Waals surface area contributed by atoms with Gasteiger partial charge in [0, 0.05) is 37.3 Å². The van der Waals surface area contributed by atoms with Crippen molar-refractivity contribution in [3.63, 3.8) is 0 Å². The van der Waals surface area contributed by atoms with Gasteiger partial charge in [-0.1, -0.05) is 12.1 Å². The number of carbonyl (C=O) groups excluding carboxylic acids is 1. The molecule has 2 aromatic heterocycles. The summed E-state index contributed by atoms with van der Waals surface area (Å²) in [6.07, 6.45) is 3.49. The molecule has 0 saturated carbocycles. The smallest absolute Gasteiger partial charge is 0.313 e. The van der Waals surface area contributed by atoms with Crippen molar-refractivity contribution in [3.8, 4) is 0 Å². The molecule has 24 heavy (non-hydrogen) atoms. The Kier molecular flexibility index (Phi) is 4.37. The van der Waals surface area contributed by atoms with Crippen LogP contribution in [0.15, 0.2) is 53.6 Å².